The molecule has 0 aromatic heterocycles. The van der Waals surface area contributed by atoms with Gasteiger partial charge in [-0.05, 0) is 13.8 Å². The van der Waals surface area contributed by atoms with Crippen molar-refractivity contribution in [1.29, 1.82) is 5.53 Å². The number of carbonyl (C=O) groups is 1. The number of hydrogen-bond acceptors (Lipinski definition) is 3. The molecular weight excluding hydrogens is 108 g/mol. The van der Waals surface area contributed by atoms with Gasteiger partial charge in [-0.2, -0.15) is 5.11 Å². The van der Waals surface area contributed by atoms with Gasteiger partial charge in [0.1, 0.15) is 0 Å². The molecule has 0 aliphatic carbocycles. The Kier molecular flexibility index (Phi) is 1.68. The summed E-state index contributed by atoms with van der Waals surface area (Å²) in [5.41, 5.74) is 5.13. The van der Waals surface area contributed by atoms with Gasteiger partial charge in [0.15, 0.2) is 5.54 Å². The van der Waals surface area contributed by atoms with E-state index in [2.05, 4.69) is 5.11 Å². The van der Waals surface area contributed by atoms with Crippen LogP contribution in [0.2, 0.25) is 0 Å². The average molecular weight is 116 g/mol. The lowest BCUT2D eigenvalue weighted by Gasteiger charge is -2.08. The van der Waals surface area contributed by atoms with E-state index in [9.17, 15) is 4.79 Å². The number of carboxylic acid groups (broad SMARTS) is 1. The maximum atomic E-state index is 10.0. The highest BCUT2D eigenvalue weighted by Gasteiger charge is 2.25. The van der Waals surface area contributed by atoms with Crippen molar-refractivity contribution in [3.63, 3.8) is 0 Å². The minimum Gasteiger partial charge on any atom is -0.479 e. The summed E-state index contributed by atoms with van der Waals surface area (Å²) in [4.78, 5) is 10.0. The summed E-state index contributed by atoms with van der Waals surface area (Å²) < 4.78 is 0. The SMILES string of the molecule is CC(C)(N=N)C(=O)O. The molecule has 0 aliphatic rings. The lowest BCUT2D eigenvalue weighted by molar-refractivity contribution is -0.142. The summed E-state index contributed by atoms with van der Waals surface area (Å²) in [5, 5.41) is 11.1. The van der Waals surface area contributed by atoms with Crippen molar-refractivity contribution in [3.8, 4) is 0 Å². The maximum Gasteiger partial charge on any atom is 0.332 e. The number of aliphatic carboxylic acids is 1. The first-order valence-electron chi connectivity index (χ1n) is 2.12. The Hall–Kier alpha value is -0.930. The quantitative estimate of drug-likeness (QED) is 0.525. The Morgan fingerprint density at radius 3 is 2.12 bits per heavy atom. The van der Waals surface area contributed by atoms with Crippen molar-refractivity contribution >= 4 is 5.97 Å². The van der Waals surface area contributed by atoms with Gasteiger partial charge in [-0.15, -0.1) is 0 Å². The molecule has 0 aromatic carbocycles. The fourth-order valence-electron chi connectivity index (χ4n) is 0.0478. The van der Waals surface area contributed by atoms with Gasteiger partial charge in [0.05, 0.1) is 0 Å². The van der Waals surface area contributed by atoms with Crippen LogP contribution in [0.5, 0.6) is 0 Å². The molecule has 0 radical (unpaired) electrons. The molecule has 4 nitrogen and oxygen atoms in total. The van der Waals surface area contributed by atoms with E-state index in [0.717, 1.165) is 0 Å². The average Bonchev–Trinajstić information content (AvgIpc) is 1.67. The third kappa shape index (κ3) is 1.29. The largest absolute Gasteiger partial charge is 0.479 e. The normalized spacial score (nSPS) is 10.8. The lowest BCUT2D eigenvalue weighted by atomic mass is 10.1. The van der Waals surface area contributed by atoms with Gasteiger partial charge in [0, 0.05) is 0 Å². The highest BCUT2D eigenvalue weighted by molar-refractivity contribution is 5.77. The number of carboxylic acids is 1. The van der Waals surface area contributed by atoms with Gasteiger partial charge in [-0.25, -0.2) is 10.3 Å². The van der Waals surface area contributed by atoms with Crippen LogP contribution >= 0.6 is 0 Å². The minimum atomic E-state index is -1.25. The first kappa shape index (κ1) is 7.07. The summed E-state index contributed by atoms with van der Waals surface area (Å²) >= 11 is 0. The summed E-state index contributed by atoms with van der Waals surface area (Å²) in [5.74, 6) is -1.08. The van der Waals surface area contributed by atoms with E-state index in [-0.39, 0.29) is 0 Å². The third-order valence-corrected chi connectivity index (χ3v) is 0.803. The number of nitrogens with zero attached hydrogens (tertiary/aromatic N) is 1. The standard InChI is InChI=1S/C4H8N2O2/c1-4(2,6-5)3(7)8/h5H,1-2H3,(H,7,8). The zero-order valence-electron chi connectivity index (χ0n) is 4.80. The zero-order chi connectivity index (χ0) is 6.78. The van der Waals surface area contributed by atoms with Crippen molar-refractivity contribution in [2.24, 2.45) is 5.11 Å². The second kappa shape index (κ2) is 1.90. The van der Waals surface area contributed by atoms with E-state index in [1.54, 1.807) is 0 Å². The Balaban J connectivity index is 4.12. The van der Waals surface area contributed by atoms with Crippen LogP contribution in [0.4, 0.5) is 0 Å². The smallest absolute Gasteiger partial charge is 0.332 e. The number of nitrogens with one attached hydrogen (secondary N) is 1. The van der Waals surface area contributed by atoms with Crippen LogP contribution in [0.25, 0.3) is 0 Å². The molecule has 0 rings (SSSR count). The van der Waals surface area contributed by atoms with Gasteiger partial charge in [0.2, 0.25) is 0 Å². The van der Waals surface area contributed by atoms with Gasteiger partial charge in [-0.3, -0.25) is 0 Å². The second-order valence-electron chi connectivity index (χ2n) is 1.98. The van der Waals surface area contributed by atoms with Crippen LogP contribution in [-0.2, 0) is 4.79 Å². The molecule has 8 heavy (non-hydrogen) atoms. The highest BCUT2D eigenvalue weighted by Crippen LogP contribution is 2.06. The summed E-state index contributed by atoms with van der Waals surface area (Å²) in [6, 6.07) is 0. The van der Waals surface area contributed by atoms with Crippen LogP contribution in [0.15, 0.2) is 5.11 Å². The predicted molar refractivity (Wildman–Crippen MR) is 26.9 cm³/mol. The molecule has 4 heteroatoms. The van der Waals surface area contributed by atoms with Crippen molar-refractivity contribution in [2.45, 2.75) is 19.4 Å². The van der Waals surface area contributed by atoms with Crippen LogP contribution in [0, 0.1) is 5.53 Å². The fourth-order valence-corrected chi connectivity index (χ4v) is 0.0478. The summed E-state index contributed by atoms with van der Waals surface area (Å²) in [7, 11) is 0. The van der Waals surface area contributed by atoms with Gasteiger partial charge in [-0.1, -0.05) is 0 Å². The predicted octanol–water partition coefficient (Wildman–Crippen LogP) is 0.881. The third-order valence-electron chi connectivity index (χ3n) is 0.803. The summed E-state index contributed by atoms with van der Waals surface area (Å²) in [6.45, 7) is 2.73. The van der Waals surface area contributed by atoms with E-state index in [4.69, 9.17) is 10.6 Å². The molecule has 0 fully saturated rings. The van der Waals surface area contributed by atoms with E-state index < -0.39 is 11.5 Å². The van der Waals surface area contributed by atoms with Crippen LogP contribution in [0.3, 0.4) is 0 Å². The molecule has 0 spiro atoms. The molecule has 0 heterocycles. The number of rotatable bonds is 2. The topological polar surface area (TPSA) is 73.5 Å². The molecule has 46 valence electrons. The molecule has 0 aromatic rings. The van der Waals surface area contributed by atoms with Crippen molar-refractivity contribution in [2.75, 3.05) is 0 Å². The molecule has 0 aliphatic heterocycles. The number of hydrogen-bond donors (Lipinski definition) is 2. The van der Waals surface area contributed by atoms with Crippen molar-refractivity contribution < 1.29 is 9.90 Å². The molecule has 0 saturated heterocycles. The Morgan fingerprint density at radius 2 is 2.12 bits per heavy atom. The molecule has 0 unspecified atom stereocenters. The Bertz CT molecular complexity index is 119. The Labute approximate surface area is 47.0 Å². The zero-order valence-corrected chi connectivity index (χ0v) is 4.80. The monoisotopic (exact) mass is 116 g/mol. The van der Waals surface area contributed by atoms with Crippen molar-refractivity contribution in [1.82, 2.24) is 0 Å². The second-order valence-corrected chi connectivity index (χ2v) is 1.98. The molecule has 2 N–H and O–H groups in total. The molecule has 0 atom stereocenters. The molecule has 0 amide bonds. The first-order chi connectivity index (χ1) is 3.50. The fraction of sp³-hybridized carbons (Fsp3) is 0.750. The van der Waals surface area contributed by atoms with Gasteiger partial charge >= 0.3 is 5.97 Å². The van der Waals surface area contributed by atoms with Crippen molar-refractivity contribution in [3.05, 3.63) is 0 Å². The maximum absolute atomic E-state index is 10.0. The Morgan fingerprint density at radius 1 is 1.75 bits per heavy atom. The van der Waals surface area contributed by atoms with E-state index >= 15 is 0 Å². The van der Waals surface area contributed by atoms with E-state index in [0.29, 0.717) is 0 Å². The molecule has 0 bridgehead atoms. The van der Waals surface area contributed by atoms with E-state index in [1.807, 2.05) is 0 Å². The highest BCUT2D eigenvalue weighted by atomic mass is 16.4. The van der Waals surface area contributed by atoms with Crippen LogP contribution in [-0.4, -0.2) is 16.6 Å². The summed E-state index contributed by atoms with van der Waals surface area (Å²) in [6.07, 6.45) is 0. The lowest BCUT2D eigenvalue weighted by Crippen LogP contribution is -2.27. The molecular formula is C4H8N2O2. The van der Waals surface area contributed by atoms with Crippen LogP contribution < -0.4 is 0 Å². The first-order valence-corrected chi connectivity index (χ1v) is 2.12. The van der Waals surface area contributed by atoms with E-state index in [1.165, 1.54) is 13.8 Å². The molecule has 0 saturated carbocycles. The van der Waals surface area contributed by atoms with Crippen LogP contribution in [0.1, 0.15) is 13.8 Å². The van der Waals surface area contributed by atoms with Gasteiger partial charge in [0.25, 0.3) is 0 Å². The van der Waals surface area contributed by atoms with Gasteiger partial charge < -0.3 is 5.11 Å². The minimum absolute atomic E-state index is 1.08.